The SMILES string of the molecule is O=S(=O)(Nc1cc(F)cc(-c2cn(-c3ccc(N4CCNCC4)cc3F)nc2-c2ccncc2)c1F)N1CCCC1. The van der Waals surface area contributed by atoms with Crippen LogP contribution in [0.4, 0.5) is 24.5 Å². The number of aromatic nitrogens is 3. The highest BCUT2D eigenvalue weighted by molar-refractivity contribution is 7.90. The summed E-state index contributed by atoms with van der Waals surface area (Å²) in [5.74, 6) is -2.35. The highest BCUT2D eigenvalue weighted by atomic mass is 32.2. The first-order chi connectivity index (χ1) is 19.8. The van der Waals surface area contributed by atoms with E-state index >= 15 is 8.78 Å². The number of rotatable bonds is 7. The van der Waals surface area contributed by atoms with Gasteiger partial charge in [-0.3, -0.25) is 9.71 Å². The first-order valence-electron chi connectivity index (χ1n) is 13.3. The van der Waals surface area contributed by atoms with Crippen molar-refractivity contribution in [3.8, 4) is 28.1 Å². The lowest BCUT2D eigenvalue weighted by atomic mass is 10.0. The molecular weight excluding hydrogens is 555 g/mol. The Morgan fingerprint density at radius 3 is 2.32 bits per heavy atom. The molecule has 2 aliphatic rings. The molecule has 2 N–H and O–H groups in total. The summed E-state index contributed by atoms with van der Waals surface area (Å²) in [6, 6.07) is 9.89. The summed E-state index contributed by atoms with van der Waals surface area (Å²) in [5, 5.41) is 7.82. The van der Waals surface area contributed by atoms with Gasteiger partial charge < -0.3 is 10.2 Å². The molecule has 2 aliphatic heterocycles. The molecule has 2 saturated heterocycles. The Kier molecular flexibility index (Phi) is 7.41. The van der Waals surface area contributed by atoms with Gasteiger partial charge in [-0.1, -0.05) is 0 Å². The molecule has 4 heterocycles. The van der Waals surface area contributed by atoms with Crippen molar-refractivity contribution in [2.24, 2.45) is 0 Å². The van der Waals surface area contributed by atoms with Crippen LogP contribution in [0.15, 0.2) is 61.1 Å². The third kappa shape index (κ3) is 5.52. The average molecular weight is 584 g/mol. The number of pyridine rings is 1. The Bertz CT molecular complexity index is 1670. The van der Waals surface area contributed by atoms with Crippen LogP contribution in [0.1, 0.15) is 12.8 Å². The minimum atomic E-state index is -4.08. The molecule has 0 atom stereocenters. The van der Waals surface area contributed by atoms with Gasteiger partial charge in [-0.05, 0) is 49.2 Å². The number of piperazine rings is 1. The van der Waals surface area contributed by atoms with Crippen molar-refractivity contribution in [1.29, 1.82) is 0 Å². The van der Waals surface area contributed by atoms with Crippen LogP contribution < -0.4 is 14.9 Å². The monoisotopic (exact) mass is 583 g/mol. The molecule has 2 fully saturated rings. The van der Waals surface area contributed by atoms with Crippen molar-refractivity contribution in [2.75, 3.05) is 48.9 Å². The van der Waals surface area contributed by atoms with Gasteiger partial charge in [-0.2, -0.15) is 17.8 Å². The number of halogens is 3. The van der Waals surface area contributed by atoms with Crippen LogP contribution in [0, 0.1) is 17.5 Å². The van der Waals surface area contributed by atoms with Gasteiger partial charge in [0.25, 0.3) is 0 Å². The smallest absolute Gasteiger partial charge is 0.301 e. The Morgan fingerprint density at radius 1 is 0.878 bits per heavy atom. The lowest BCUT2D eigenvalue weighted by Crippen LogP contribution is -2.43. The highest BCUT2D eigenvalue weighted by Crippen LogP contribution is 2.37. The molecule has 0 aliphatic carbocycles. The molecule has 0 radical (unpaired) electrons. The second-order valence-corrected chi connectivity index (χ2v) is 11.6. The van der Waals surface area contributed by atoms with E-state index in [0.717, 1.165) is 44.0 Å². The van der Waals surface area contributed by atoms with Crippen LogP contribution in [0.3, 0.4) is 0 Å². The zero-order valence-corrected chi connectivity index (χ0v) is 22.8. The molecule has 6 rings (SSSR count). The number of hydrogen-bond donors (Lipinski definition) is 2. The molecule has 0 bridgehead atoms. The van der Waals surface area contributed by atoms with Crippen LogP contribution >= 0.6 is 0 Å². The number of nitrogens with zero attached hydrogens (tertiary/aromatic N) is 5. The topological polar surface area (TPSA) is 95.4 Å². The standard InChI is InChI=1S/C28H28F3N7O2S/c29-20-15-22(27(31)25(16-20)35-41(39,40)37-11-1-2-12-37)23-18-38(34-28(23)19-5-7-32-8-6-19)26-4-3-21(17-24(26)30)36-13-9-33-10-14-36/h3-8,15-18,33,35H,1-2,9-14H2. The lowest BCUT2D eigenvalue weighted by Gasteiger charge is -2.29. The minimum Gasteiger partial charge on any atom is -0.369 e. The molecule has 4 aromatic rings. The molecule has 9 nitrogen and oxygen atoms in total. The lowest BCUT2D eigenvalue weighted by molar-refractivity contribution is 0.482. The number of anilines is 2. The third-order valence-corrected chi connectivity index (χ3v) is 8.82. The summed E-state index contributed by atoms with van der Waals surface area (Å²) < 4.78 is 76.6. The Balaban J connectivity index is 1.43. The van der Waals surface area contributed by atoms with Gasteiger partial charge in [0.2, 0.25) is 0 Å². The molecule has 41 heavy (non-hydrogen) atoms. The third-order valence-electron chi connectivity index (χ3n) is 7.30. The number of hydrogen-bond acceptors (Lipinski definition) is 6. The second kappa shape index (κ2) is 11.1. The van der Waals surface area contributed by atoms with E-state index in [0.29, 0.717) is 31.5 Å². The van der Waals surface area contributed by atoms with Crippen molar-refractivity contribution in [1.82, 2.24) is 24.4 Å². The van der Waals surface area contributed by atoms with Crippen LogP contribution in [-0.4, -0.2) is 66.8 Å². The molecule has 0 amide bonds. The van der Waals surface area contributed by atoms with E-state index in [1.807, 2.05) is 0 Å². The van der Waals surface area contributed by atoms with E-state index in [2.05, 4.69) is 25.0 Å². The van der Waals surface area contributed by atoms with E-state index < -0.39 is 33.3 Å². The Labute approximate surface area is 235 Å². The summed E-state index contributed by atoms with van der Waals surface area (Å²) in [4.78, 5) is 6.09. The van der Waals surface area contributed by atoms with Crippen molar-refractivity contribution in [3.63, 3.8) is 0 Å². The summed E-state index contributed by atoms with van der Waals surface area (Å²) >= 11 is 0. The Hall–Kier alpha value is -3.94. The first-order valence-corrected chi connectivity index (χ1v) is 14.8. The Morgan fingerprint density at radius 2 is 1.61 bits per heavy atom. The second-order valence-electron chi connectivity index (χ2n) is 9.97. The molecule has 13 heteroatoms. The summed E-state index contributed by atoms with van der Waals surface area (Å²) in [7, 11) is -4.08. The maximum atomic E-state index is 16.0. The summed E-state index contributed by atoms with van der Waals surface area (Å²) in [5.41, 5.74) is 1.05. The van der Waals surface area contributed by atoms with Crippen LogP contribution in [0.2, 0.25) is 0 Å². The quantitative estimate of drug-likeness (QED) is 0.339. The van der Waals surface area contributed by atoms with E-state index in [-0.39, 0.29) is 22.5 Å². The van der Waals surface area contributed by atoms with Gasteiger partial charge in [0.15, 0.2) is 11.6 Å². The average Bonchev–Trinajstić information content (AvgIpc) is 3.67. The molecular formula is C28H28F3N7O2S. The van der Waals surface area contributed by atoms with Crippen LogP contribution in [0.25, 0.3) is 28.1 Å². The van der Waals surface area contributed by atoms with Crippen LogP contribution in [0.5, 0.6) is 0 Å². The van der Waals surface area contributed by atoms with Gasteiger partial charge >= 0.3 is 10.2 Å². The maximum absolute atomic E-state index is 16.0. The summed E-state index contributed by atoms with van der Waals surface area (Å²) in [6.07, 6.45) is 5.85. The van der Waals surface area contributed by atoms with E-state index in [1.165, 1.54) is 33.6 Å². The van der Waals surface area contributed by atoms with Crippen LogP contribution in [-0.2, 0) is 10.2 Å². The van der Waals surface area contributed by atoms with Gasteiger partial charge in [0.1, 0.15) is 17.2 Å². The molecule has 0 unspecified atom stereocenters. The number of nitrogens with one attached hydrogen (secondary N) is 2. The largest absolute Gasteiger partial charge is 0.369 e. The van der Waals surface area contributed by atoms with Crippen molar-refractivity contribution in [2.45, 2.75) is 12.8 Å². The van der Waals surface area contributed by atoms with Gasteiger partial charge in [0.05, 0.1) is 5.69 Å². The maximum Gasteiger partial charge on any atom is 0.301 e. The van der Waals surface area contributed by atoms with Gasteiger partial charge in [0, 0.05) is 86.3 Å². The fraction of sp³-hybridized carbons (Fsp3) is 0.286. The summed E-state index contributed by atoms with van der Waals surface area (Å²) in [6.45, 7) is 3.71. The molecule has 0 spiro atoms. The number of benzene rings is 2. The zero-order chi connectivity index (χ0) is 28.6. The fourth-order valence-corrected chi connectivity index (χ4v) is 6.50. The predicted octanol–water partition coefficient (Wildman–Crippen LogP) is 4.18. The van der Waals surface area contributed by atoms with E-state index in [9.17, 15) is 12.8 Å². The highest BCUT2D eigenvalue weighted by Gasteiger charge is 2.28. The van der Waals surface area contributed by atoms with Crippen molar-refractivity contribution >= 4 is 21.6 Å². The molecule has 2 aromatic heterocycles. The fourth-order valence-electron chi connectivity index (χ4n) is 5.21. The van der Waals surface area contributed by atoms with Crippen molar-refractivity contribution < 1.29 is 21.6 Å². The van der Waals surface area contributed by atoms with E-state index in [1.54, 1.807) is 24.3 Å². The normalized spacial score (nSPS) is 16.3. The minimum absolute atomic E-state index is 0.122. The van der Waals surface area contributed by atoms with Gasteiger partial charge in [-0.25, -0.2) is 17.9 Å². The van der Waals surface area contributed by atoms with E-state index in [4.69, 9.17) is 0 Å². The van der Waals surface area contributed by atoms with Gasteiger partial charge in [-0.15, -0.1) is 0 Å². The molecule has 0 saturated carbocycles. The first kappa shape index (κ1) is 27.2. The van der Waals surface area contributed by atoms with Crippen molar-refractivity contribution in [3.05, 3.63) is 78.5 Å². The molecule has 214 valence electrons. The molecule has 2 aromatic carbocycles. The zero-order valence-electron chi connectivity index (χ0n) is 22.0. The predicted molar refractivity (Wildman–Crippen MR) is 151 cm³/mol.